The van der Waals surface area contributed by atoms with Crippen LogP contribution in [0.5, 0.6) is 11.5 Å². The van der Waals surface area contributed by atoms with E-state index in [1.54, 1.807) is 0 Å². The highest BCUT2D eigenvalue weighted by atomic mass is 79.9. The molecule has 0 aromatic heterocycles. The summed E-state index contributed by atoms with van der Waals surface area (Å²) in [6, 6.07) is 3.95. The molecule has 1 aromatic carbocycles. The minimum Gasteiger partial charge on any atom is -0.490 e. The van der Waals surface area contributed by atoms with E-state index in [0.717, 1.165) is 52.8 Å². The van der Waals surface area contributed by atoms with Crippen molar-refractivity contribution in [2.45, 2.75) is 13.8 Å². The van der Waals surface area contributed by atoms with Crippen molar-refractivity contribution in [3.05, 3.63) is 22.2 Å². The molecular weight excluding hydrogens is 354 g/mol. The molecule has 0 aliphatic carbocycles. The van der Waals surface area contributed by atoms with Gasteiger partial charge in [-0.25, -0.2) is 0 Å². The maximum Gasteiger partial charge on any atom is 0.175 e. The van der Waals surface area contributed by atoms with E-state index in [9.17, 15) is 0 Å². The van der Waals surface area contributed by atoms with Gasteiger partial charge in [0.2, 0.25) is 0 Å². The second-order valence-electron chi connectivity index (χ2n) is 4.56. The fourth-order valence-corrected chi connectivity index (χ4v) is 3.04. The molecule has 1 saturated heterocycles. The highest BCUT2D eigenvalue weighted by Crippen LogP contribution is 2.37. The molecule has 21 heavy (non-hydrogen) atoms. The maximum absolute atomic E-state index is 5.69. The van der Waals surface area contributed by atoms with E-state index in [0.29, 0.717) is 13.2 Å². The van der Waals surface area contributed by atoms with Crippen molar-refractivity contribution >= 4 is 33.1 Å². The van der Waals surface area contributed by atoms with Crippen LogP contribution in [-0.2, 0) is 4.74 Å². The molecule has 1 aromatic rings. The Morgan fingerprint density at radius 2 is 1.90 bits per heavy atom. The summed E-state index contributed by atoms with van der Waals surface area (Å²) < 4.78 is 17.6. The lowest BCUT2D eigenvalue weighted by molar-refractivity contribution is 0.0693. The summed E-state index contributed by atoms with van der Waals surface area (Å²) in [5, 5.41) is 0. The summed E-state index contributed by atoms with van der Waals surface area (Å²) in [5.41, 5.74) is 0.964. The number of thiocarbonyl (C=S) groups is 1. The van der Waals surface area contributed by atoms with Crippen LogP contribution in [0.1, 0.15) is 19.4 Å². The summed E-state index contributed by atoms with van der Waals surface area (Å²) >= 11 is 9.16. The first kappa shape index (κ1) is 16.5. The van der Waals surface area contributed by atoms with Gasteiger partial charge in [-0.1, -0.05) is 12.2 Å². The van der Waals surface area contributed by atoms with Gasteiger partial charge in [-0.2, -0.15) is 0 Å². The van der Waals surface area contributed by atoms with Crippen LogP contribution in [0.2, 0.25) is 0 Å². The summed E-state index contributed by atoms with van der Waals surface area (Å²) in [4.78, 5) is 2.99. The first-order valence-corrected chi connectivity index (χ1v) is 8.33. The highest BCUT2D eigenvalue weighted by Gasteiger charge is 2.19. The zero-order valence-corrected chi connectivity index (χ0v) is 14.8. The van der Waals surface area contributed by atoms with Gasteiger partial charge < -0.3 is 19.1 Å². The predicted octanol–water partition coefficient (Wildman–Crippen LogP) is 3.25. The third kappa shape index (κ3) is 4.08. The van der Waals surface area contributed by atoms with Crippen LogP contribution in [0, 0.1) is 0 Å². The lowest BCUT2D eigenvalue weighted by Crippen LogP contribution is -2.40. The van der Waals surface area contributed by atoms with Gasteiger partial charge in [-0.05, 0) is 41.9 Å². The van der Waals surface area contributed by atoms with Gasteiger partial charge in [0.15, 0.2) is 11.5 Å². The zero-order valence-electron chi connectivity index (χ0n) is 12.4. The maximum atomic E-state index is 5.69. The molecule has 0 bridgehead atoms. The predicted molar refractivity (Wildman–Crippen MR) is 90.6 cm³/mol. The molecule has 1 aliphatic rings. The van der Waals surface area contributed by atoms with Gasteiger partial charge in [0.1, 0.15) is 4.99 Å². The number of hydrogen-bond acceptors (Lipinski definition) is 4. The van der Waals surface area contributed by atoms with Crippen LogP contribution < -0.4 is 9.47 Å². The van der Waals surface area contributed by atoms with E-state index < -0.39 is 0 Å². The monoisotopic (exact) mass is 373 g/mol. The van der Waals surface area contributed by atoms with Gasteiger partial charge in [-0.15, -0.1) is 0 Å². The number of rotatable bonds is 5. The largest absolute Gasteiger partial charge is 0.490 e. The minimum atomic E-state index is 0.584. The third-order valence-corrected chi connectivity index (χ3v) is 4.23. The number of nitrogens with zero attached hydrogens (tertiary/aromatic N) is 1. The van der Waals surface area contributed by atoms with E-state index >= 15 is 0 Å². The number of halogens is 1. The van der Waals surface area contributed by atoms with E-state index in [4.69, 9.17) is 26.4 Å². The van der Waals surface area contributed by atoms with Crippen molar-refractivity contribution in [2.24, 2.45) is 0 Å². The topological polar surface area (TPSA) is 30.9 Å². The Bertz CT molecular complexity index is 504. The summed E-state index contributed by atoms with van der Waals surface area (Å²) in [6.07, 6.45) is 0. The average molecular weight is 374 g/mol. The van der Waals surface area contributed by atoms with Crippen LogP contribution in [0.3, 0.4) is 0 Å². The van der Waals surface area contributed by atoms with Crippen LogP contribution in [-0.4, -0.2) is 49.4 Å². The smallest absolute Gasteiger partial charge is 0.175 e. The van der Waals surface area contributed by atoms with Crippen molar-refractivity contribution in [1.82, 2.24) is 4.90 Å². The molecule has 1 heterocycles. The fourth-order valence-electron chi connectivity index (χ4n) is 2.19. The van der Waals surface area contributed by atoms with Crippen molar-refractivity contribution in [3.8, 4) is 11.5 Å². The van der Waals surface area contributed by atoms with Crippen LogP contribution in [0.4, 0.5) is 0 Å². The summed E-state index contributed by atoms with van der Waals surface area (Å²) in [6.45, 7) is 8.17. The quantitative estimate of drug-likeness (QED) is 0.739. The Balaban J connectivity index is 2.28. The fraction of sp³-hybridized carbons (Fsp3) is 0.533. The van der Waals surface area contributed by atoms with Crippen LogP contribution in [0.25, 0.3) is 0 Å². The number of hydrogen-bond donors (Lipinski definition) is 0. The first-order valence-electron chi connectivity index (χ1n) is 7.13. The van der Waals surface area contributed by atoms with E-state index in [1.165, 1.54) is 0 Å². The molecule has 0 unspecified atom stereocenters. The Hall–Kier alpha value is -0.850. The van der Waals surface area contributed by atoms with Crippen molar-refractivity contribution in [1.29, 1.82) is 0 Å². The van der Waals surface area contributed by atoms with Gasteiger partial charge in [0.05, 0.1) is 30.9 Å². The lowest BCUT2D eigenvalue weighted by atomic mass is 10.1. The van der Waals surface area contributed by atoms with E-state index in [-0.39, 0.29) is 0 Å². The minimum absolute atomic E-state index is 0.584. The molecule has 2 rings (SSSR count). The van der Waals surface area contributed by atoms with E-state index in [2.05, 4.69) is 20.8 Å². The standard InChI is InChI=1S/C15H20BrNO3S/c1-3-19-13-10-11(9-12(16)14(13)20-4-2)15(21)17-5-7-18-8-6-17/h9-10H,3-8H2,1-2H3. The molecule has 0 saturated carbocycles. The highest BCUT2D eigenvalue weighted by molar-refractivity contribution is 9.10. The van der Waals surface area contributed by atoms with Gasteiger partial charge >= 0.3 is 0 Å². The zero-order chi connectivity index (χ0) is 15.2. The number of ether oxygens (including phenoxy) is 3. The van der Waals surface area contributed by atoms with Gasteiger partial charge in [0, 0.05) is 18.7 Å². The Labute approximate surface area is 139 Å². The molecule has 0 atom stereocenters. The summed E-state index contributed by atoms with van der Waals surface area (Å²) in [5.74, 6) is 1.45. The lowest BCUT2D eigenvalue weighted by Gasteiger charge is -2.29. The molecule has 1 aliphatic heterocycles. The van der Waals surface area contributed by atoms with Crippen molar-refractivity contribution in [3.63, 3.8) is 0 Å². The molecule has 116 valence electrons. The second-order valence-corrected chi connectivity index (χ2v) is 5.80. The summed E-state index contributed by atoms with van der Waals surface area (Å²) in [7, 11) is 0. The molecular formula is C15H20BrNO3S. The van der Waals surface area contributed by atoms with Crippen molar-refractivity contribution in [2.75, 3.05) is 39.5 Å². The molecule has 6 heteroatoms. The molecule has 1 fully saturated rings. The van der Waals surface area contributed by atoms with Crippen LogP contribution in [0.15, 0.2) is 16.6 Å². The molecule has 0 amide bonds. The molecule has 0 spiro atoms. The normalized spacial score (nSPS) is 14.9. The first-order chi connectivity index (χ1) is 10.2. The van der Waals surface area contributed by atoms with Crippen LogP contribution >= 0.6 is 28.1 Å². The number of morpholine rings is 1. The Morgan fingerprint density at radius 3 is 2.52 bits per heavy atom. The molecule has 0 N–H and O–H groups in total. The molecule has 4 nitrogen and oxygen atoms in total. The Morgan fingerprint density at radius 1 is 1.24 bits per heavy atom. The van der Waals surface area contributed by atoms with Crippen molar-refractivity contribution < 1.29 is 14.2 Å². The van der Waals surface area contributed by atoms with Gasteiger partial charge in [-0.3, -0.25) is 0 Å². The average Bonchev–Trinajstić information content (AvgIpc) is 2.51. The Kier molecular flexibility index (Phi) is 6.26. The SMILES string of the molecule is CCOc1cc(C(=S)N2CCOCC2)cc(Br)c1OCC. The second kappa shape index (κ2) is 7.96. The number of benzene rings is 1. The van der Waals surface area contributed by atoms with Gasteiger partial charge in [0.25, 0.3) is 0 Å². The third-order valence-electron chi connectivity index (χ3n) is 3.14. The van der Waals surface area contributed by atoms with E-state index in [1.807, 2.05) is 26.0 Å². The molecule has 0 radical (unpaired) electrons.